The van der Waals surface area contributed by atoms with E-state index in [2.05, 4.69) is 43.0 Å². The highest BCUT2D eigenvalue weighted by atomic mass is 32.1. The van der Waals surface area contributed by atoms with Crippen LogP contribution < -0.4 is 10.2 Å². The lowest BCUT2D eigenvalue weighted by Gasteiger charge is -2.28. The molecule has 0 spiro atoms. The zero-order chi connectivity index (χ0) is 18.3. The molecule has 27 heavy (non-hydrogen) atoms. The van der Waals surface area contributed by atoms with E-state index in [0.717, 1.165) is 56.7 Å². The Kier molecular flexibility index (Phi) is 4.07. The van der Waals surface area contributed by atoms with Crippen molar-refractivity contribution in [2.24, 2.45) is 0 Å². The van der Waals surface area contributed by atoms with E-state index in [-0.39, 0.29) is 17.4 Å². The molecular formula is C19H22N6OS. The molecule has 5 rings (SSSR count). The van der Waals surface area contributed by atoms with Gasteiger partial charge in [-0.2, -0.15) is 4.52 Å². The van der Waals surface area contributed by atoms with Gasteiger partial charge in [-0.05, 0) is 42.8 Å². The molecule has 1 saturated carbocycles. The van der Waals surface area contributed by atoms with E-state index < -0.39 is 0 Å². The molecule has 2 aliphatic rings. The molecular weight excluding hydrogens is 360 g/mol. The number of rotatable bonds is 4. The van der Waals surface area contributed by atoms with Crippen LogP contribution in [0.3, 0.4) is 0 Å². The molecule has 2 fully saturated rings. The summed E-state index contributed by atoms with van der Waals surface area (Å²) in [6.07, 6.45) is 6.73. The van der Waals surface area contributed by atoms with E-state index in [9.17, 15) is 4.79 Å². The Bertz CT molecular complexity index is 946. The minimum Gasteiger partial charge on any atom is -0.353 e. The molecule has 8 heteroatoms. The fourth-order valence-corrected chi connectivity index (χ4v) is 5.39. The molecule has 0 radical (unpaired) electrons. The third kappa shape index (κ3) is 2.88. The summed E-state index contributed by atoms with van der Waals surface area (Å²) in [4.78, 5) is 16.7. The number of fused-ring (bicyclic) bond motifs is 1. The Labute approximate surface area is 161 Å². The van der Waals surface area contributed by atoms with E-state index >= 15 is 0 Å². The van der Waals surface area contributed by atoms with Gasteiger partial charge < -0.3 is 10.2 Å². The fourth-order valence-electron chi connectivity index (χ4n) is 4.41. The highest BCUT2D eigenvalue weighted by Gasteiger charge is 2.44. The van der Waals surface area contributed by atoms with Crippen molar-refractivity contribution in [3.63, 3.8) is 0 Å². The molecule has 7 nitrogen and oxygen atoms in total. The Balaban J connectivity index is 1.29. The molecule has 1 atom stereocenters. The van der Waals surface area contributed by atoms with Gasteiger partial charge in [-0.15, -0.1) is 26.6 Å². The van der Waals surface area contributed by atoms with Crippen molar-refractivity contribution in [2.45, 2.75) is 43.6 Å². The molecule has 0 unspecified atom stereocenters. The summed E-state index contributed by atoms with van der Waals surface area (Å²) in [6.45, 7) is 1.67. The molecule has 1 amide bonds. The van der Waals surface area contributed by atoms with Gasteiger partial charge in [0.15, 0.2) is 5.65 Å². The zero-order valence-corrected chi connectivity index (χ0v) is 15.9. The van der Waals surface area contributed by atoms with E-state index in [1.54, 1.807) is 22.2 Å². The largest absolute Gasteiger partial charge is 0.353 e. The van der Waals surface area contributed by atoms with Crippen molar-refractivity contribution in [1.82, 2.24) is 25.1 Å². The molecule has 0 bridgehead atoms. The summed E-state index contributed by atoms with van der Waals surface area (Å²) in [5.41, 5.74) is 0.420. The van der Waals surface area contributed by atoms with Gasteiger partial charge in [0.05, 0.1) is 5.41 Å². The minimum atomic E-state index is -0.318. The first-order valence-electron chi connectivity index (χ1n) is 9.52. The molecule has 1 aliphatic carbocycles. The SMILES string of the molecule is O=C(N[C@H]1CCN(c2ccc3nncn3n2)C1)C1(c2cccs2)CCCC1. The van der Waals surface area contributed by atoms with Gasteiger partial charge in [0, 0.05) is 24.0 Å². The Morgan fingerprint density at radius 3 is 2.96 bits per heavy atom. The third-order valence-corrected chi connectivity index (χ3v) is 6.95. The second kappa shape index (κ2) is 6.60. The van der Waals surface area contributed by atoms with Gasteiger partial charge in [0.25, 0.3) is 0 Å². The van der Waals surface area contributed by atoms with E-state index in [4.69, 9.17) is 0 Å². The fraction of sp³-hybridized carbons (Fsp3) is 0.474. The smallest absolute Gasteiger partial charge is 0.231 e. The summed E-state index contributed by atoms with van der Waals surface area (Å²) in [7, 11) is 0. The van der Waals surface area contributed by atoms with Crippen molar-refractivity contribution in [3.8, 4) is 0 Å². The van der Waals surface area contributed by atoms with Gasteiger partial charge >= 0.3 is 0 Å². The van der Waals surface area contributed by atoms with Gasteiger partial charge in [-0.3, -0.25) is 4.79 Å². The summed E-state index contributed by atoms with van der Waals surface area (Å²) < 4.78 is 1.69. The molecule has 1 saturated heterocycles. The van der Waals surface area contributed by atoms with Crippen molar-refractivity contribution < 1.29 is 4.79 Å². The topological polar surface area (TPSA) is 75.4 Å². The maximum atomic E-state index is 13.2. The van der Waals surface area contributed by atoms with Gasteiger partial charge in [-0.1, -0.05) is 18.9 Å². The molecule has 0 aromatic carbocycles. The molecule has 3 aromatic heterocycles. The molecule has 140 valence electrons. The Morgan fingerprint density at radius 2 is 2.15 bits per heavy atom. The van der Waals surface area contributed by atoms with E-state index in [0.29, 0.717) is 0 Å². The maximum Gasteiger partial charge on any atom is 0.231 e. The number of aromatic nitrogens is 4. The van der Waals surface area contributed by atoms with Crippen LogP contribution in [0.5, 0.6) is 0 Å². The standard InChI is InChI=1S/C19H22N6OS/c26-18(19(8-1-2-9-19)15-4-3-11-27-15)21-14-7-10-24(12-14)17-6-5-16-22-20-13-25(16)23-17/h3-6,11,13-14H,1-2,7-10,12H2,(H,21,26)/t14-/m0/s1. The number of carbonyl (C=O) groups excluding carboxylic acids is 1. The monoisotopic (exact) mass is 382 g/mol. The average Bonchev–Trinajstić information content (AvgIpc) is 3.48. The highest BCUT2D eigenvalue weighted by Crippen LogP contribution is 2.43. The van der Waals surface area contributed by atoms with Crippen LogP contribution in [0.1, 0.15) is 37.0 Å². The van der Waals surface area contributed by atoms with Crippen molar-refractivity contribution >= 4 is 28.7 Å². The predicted molar refractivity (Wildman–Crippen MR) is 104 cm³/mol. The number of hydrogen-bond donors (Lipinski definition) is 1. The highest BCUT2D eigenvalue weighted by molar-refractivity contribution is 7.10. The number of hydrogen-bond acceptors (Lipinski definition) is 6. The van der Waals surface area contributed by atoms with E-state index in [1.165, 1.54) is 4.88 Å². The summed E-state index contributed by atoms with van der Waals surface area (Å²) in [5.74, 6) is 1.10. The molecule has 1 N–H and O–H groups in total. The maximum absolute atomic E-state index is 13.2. The summed E-state index contributed by atoms with van der Waals surface area (Å²) in [5, 5.41) is 17.9. The average molecular weight is 382 g/mol. The predicted octanol–water partition coefficient (Wildman–Crippen LogP) is 2.39. The number of carbonyl (C=O) groups is 1. The Morgan fingerprint density at radius 1 is 1.26 bits per heavy atom. The number of thiophene rings is 1. The lowest BCUT2D eigenvalue weighted by atomic mass is 9.83. The van der Waals surface area contributed by atoms with Crippen molar-refractivity contribution in [2.75, 3.05) is 18.0 Å². The van der Waals surface area contributed by atoms with Gasteiger partial charge in [0.2, 0.25) is 5.91 Å². The molecule has 1 aliphatic heterocycles. The first-order chi connectivity index (χ1) is 13.2. The van der Waals surface area contributed by atoms with Crippen molar-refractivity contribution in [1.29, 1.82) is 0 Å². The summed E-state index contributed by atoms with van der Waals surface area (Å²) >= 11 is 1.71. The molecule has 4 heterocycles. The second-order valence-corrected chi connectivity index (χ2v) is 8.44. The van der Waals surface area contributed by atoms with Crippen LogP contribution in [0.25, 0.3) is 5.65 Å². The lowest BCUT2D eigenvalue weighted by molar-refractivity contribution is -0.127. The number of amides is 1. The van der Waals surface area contributed by atoms with Gasteiger partial charge in [-0.25, -0.2) is 0 Å². The second-order valence-electron chi connectivity index (χ2n) is 7.50. The van der Waals surface area contributed by atoms with Crippen LogP contribution in [-0.4, -0.2) is 44.8 Å². The van der Waals surface area contributed by atoms with Gasteiger partial charge in [0.1, 0.15) is 12.1 Å². The van der Waals surface area contributed by atoms with Crippen LogP contribution in [0, 0.1) is 0 Å². The van der Waals surface area contributed by atoms with Crippen LogP contribution >= 0.6 is 11.3 Å². The summed E-state index contributed by atoms with van der Waals surface area (Å²) in [6, 6.07) is 8.23. The lowest BCUT2D eigenvalue weighted by Crippen LogP contribution is -2.47. The van der Waals surface area contributed by atoms with Crippen LogP contribution in [0.2, 0.25) is 0 Å². The third-order valence-electron chi connectivity index (χ3n) is 5.88. The Hall–Kier alpha value is -2.48. The normalized spacial score (nSPS) is 21.8. The first-order valence-corrected chi connectivity index (χ1v) is 10.4. The number of anilines is 1. The van der Waals surface area contributed by atoms with Crippen LogP contribution in [-0.2, 0) is 10.2 Å². The zero-order valence-electron chi connectivity index (χ0n) is 15.0. The quantitative estimate of drug-likeness (QED) is 0.750. The van der Waals surface area contributed by atoms with Crippen LogP contribution in [0.15, 0.2) is 36.0 Å². The number of nitrogens with one attached hydrogen (secondary N) is 1. The van der Waals surface area contributed by atoms with Crippen molar-refractivity contribution in [3.05, 3.63) is 40.8 Å². The van der Waals surface area contributed by atoms with Crippen LogP contribution in [0.4, 0.5) is 5.82 Å². The number of nitrogens with zero attached hydrogens (tertiary/aromatic N) is 5. The minimum absolute atomic E-state index is 0.161. The molecule has 3 aromatic rings. The van der Waals surface area contributed by atoms with E-state index in [1.807, 2.05) is 12.1 Å². The first kappa shape index (κ1) is 16.7.